The van der Waals surface area contributed by atoms with E-state index in [-0.39, 0.29) is 24.5 Å². The number of guanidine groups is 1. The second kappa shape index (κ2) is 9.87. The molecule has 2 aliphatic heterocycles. The number of aliphatic imine (C=N–C) groups is 1. The van der Waals surface area contributed by atoms with Crippen LogP contribution in [0.25, 0.3) is 0 Å². The van der Waals surface area contributed by atoms with Gasteiger partial charge in [0.15, 0.2) is 0 Å². The van der Waals surface area contributed by atoms with Gasteiger partial charge in [0.2, 0.25) is 17.8 Å². The van der Waals surface area contributed by atoms with Crippen molar-refractivity contribution in [2.75, 3.05) is 26.3 Å². The normalized spacial score (nSPS) is 18.2. The molecule has 0 atom stereocenters. The molecule has 2 heterocycles. The number of ether oxygens (including phenoxy) is 1. The van der Waals surface area contributed by atoms with E-state index in [0.717, 1.165) is 36.9 Å². The highest BCUT2D eigenvalue weighted by Crippen LogP contribution is 2.36. The van der Waals surface area contributed by atoms with Gasteiger partial charge in [0.25, 0.3) is 0 Å². The first kappa shape index (κ1) is 21.9. The van der Waals surface area contributed by atoms with Crippen molar-refractivity contribution in [1.29, 1.82) is 0 Å². The lowest BCUT2D eigenvalue weighted by molar-refractivity contribution is -0.135. The molecule has 0 aromatic heterocycles. The van der Waals surface area contributed by atoms with Gasteiger partial charge in [-0.05, 0) is 30.9 Å². The van der Waals surface area contributed by atoms with E-state index in [1.165, 1.54) is 6.42 Å². The molecule has 2 amide bonds. The third-order valence-corrected chi connectivity index (χ3v) is 6.37. The maximum atomic E-state index is 12.7. The van der Waals surface area contributed by atoms with Crippen LogP contribution in [0.4, 0.5) is 5.69 Å². The van der Waals surface area contributed by atoms with Crippen LogP contribution in [-0.4, -0.2) is 65.0 Å². The van der Waals surface area contributed by atoms with E-state index in [4.69, 9.17) is 16.3 Å². The maximum absolute atomic E-state index is 12.7. The Balaban J connectivity index is 1.31. The zero-order chi connectivity index (χ0) is 21.8. The Morgan fingerprint density at radius 3 is 2.87 bits per heavy atom. The van der Waals surface area contributed by atoms with Gasteiger partial charge in [-0.3, -0.25) is 14.9 Å². The third-order valence-electron chi connectivity index (χ3n) is 6.08. The number of halogens is 1. The zero-order valence-electron chi connectivity index (χ0n) is 17.6. The molecule has 8 nitrogen and oxygen atoms in total. The van der Waals surface area contributed by atoms with E-state index < -0.39 is 0 Å². The monoisotopic (exact) mass is 448 g/mol. The molecule has 2 N–H and O–H groups in total. The molecule has 1 aromatic carbocycles. The van der Waals surface area contributed by atoms with Gasteiger partial charge >= 0.3 is 0 Å². The fourth-order valence-electron chi connectivity index (χ4n) is 4.53. The predicted molar refractivity (Wildman–Crippen MR) is 118 cm³/mol. The Labute approximate surface area is 187 Å². The maximum Gasteiger partial charge on any atom is 0.246 e. The largest absolute Gasteiger partial charge is 0.492 e. The highest BCUT2D eigenvalue weighted by atomic mass is 35.5. The molecule has 31 heavy (non-hydrogen) atoms. The van der Waals surface area contributed by atoms with E-state index in [2.05, 4.69) is 10.3 Å². The van der Waals surface area contributed by atoms with Gasteiger partial charge in [-0.15, -0.1) is 0 Å². The second-order valence-electron chi connectivity index (χ2n) is 8.31. The molecule has 1 aliphatic carbocycles. The number of benzene rings is 1. The minimum atomic E-state index is -0.0673. The fraction of sp³-hybridized carbons (Fsp3) is 0.591. The van der Waals surface area contributed by atoms with Crippen LogP contribution in [0.5, 0.6) is 5.75 Å². The van der Waals surface area contributed by atoms with Crippen molar-refractivity contribution in [1.82, 2.24) is 15.1 Å². The number of hydrogen-bond acceptors (Lipinski definition) is 6. The van der Waals surface area contributed by atoms with Gasteiger partial charge < -0.3 is 19.6 Å². The average molecular weight is 449 g/mol. The van der Waals surface area contributed by atoms with Crippen LogP contribution in [0.15, 0.2) is 17.1 Å². The van der Waals surface area contributed by atoms with E-state index in [1.807, 2.05) is 15.9 Å². The highest BCUT2D eigenvalue weighted by molar-refractivity contribution is 6.32. The van der Waals surface area contributed by atoms with Crippen LogP contribution in [-0.2, 0) is 16.1 Å². The average Bonchev–Trinajstić information content (AvgIpc) is 3.12. The van der Waals surface area contributed by atoms with Crippen LogP contribution < -0.4 is 10.1 Å². The molecule has 0 unspecified atom stereocenters. The zero-order valence-corrected chi connectivity index (χ0v) is 18.4. The van der Waals surface area contributed by atoms with E-state index >= 15 is 0 Å². The van der Waals surface area contributed by atoms with Crippen molar-refractivity contribution in [3.05, 3.63) is 22.7 Å². The van der Waals surface area contributed by atoms with Gasteiger partial charge in [-0.25, -0.2) is 4.99 Å². The van der Waals surface area contributed by atoms with Crippen molar-refractivity contribution in [3.63, 3.8) is 0 Å². The molecular formula is C22H29ClN4O4. The topological polar surface area (TPSA) is 94.5 Å². The van der Waals surface area contributed by atoms with Gasteiger partial charge in [-0.2, -0.15) is 0 Å². The summed E-state index contributed by atoms with van der Waals surface area (Å²) < 4.78 is 5.85. The van der Waals surface area contributed by atoms with Crippen LogP contribution in [0.3, 0.4) is 0 Å². The fourth-order valence-corrected chi connectivity index (χ4v) is 4.77. The van der Waals surface area contributed by atoms with Gasteiger partial charge in [-0.1, -0.05) is 30.9 Å². The molecule has 4 rings (SSSR count). The molecule has 1 aromatic rings. The summed E-state index contributed by atoms with van der Waals surface area (Å²) in [4.78, 5) is 32.5. The quantitative estimate of drug-likeness (QED) is 0.596. The number of rotatable bonds is 8. The lowest BCUT2D eigenvalue weighted by Gasteiger charge is -2.34. The van der Waals surface area contributed by atoms with Crippen LogP contribution in [0, 0.1) is 0 Å². The first-order valence-corrected chi connectivity index (χ1v) is 11.4. The first-order valence-electron chi connectivity index (χ1n) is 11.0. The van der Waals surface area contributed by atoms with Gasteiger partial charge in [0.05, 0.1) is 23.9 Å². The summed E-state index contributed by atoms with van der Waals surface area (Å²) in [6, 6.07) is 3.86. The number of nitrogens with zero attached hydrogens (tertiary/aromatic N) is 3. The van der Waals surface area contributed by atoms with E-state index in [9.17, 15) is 14.7 Å². The smallest absolute Gasteiger partial charge is 0.246 e. The van der Waals surface area contributed by atoms with Crippen molar-refractivity contribution in [2.45, 2.75) is 57.5 Å². The number of fused-ring (bicyclic) bond motifs is 2. The Morgan fingerprint density at radius 2 is 2.10 bits per heavy atom. The van der Waals surface area contributed by atoms with Gasteiger partial charge in [0, 0.05) is 31.6 Å². The molecule has 0 spiro atoms. The van der Waals surface area contributed by atoms with Crippen molar-refractivity contribution in [3.8, 4) is 5.75 Å². The number of nitrogens with one attached hydrogen (secondary N) is 1. The van der Waals surface area contributed by atoms with Crippen LogP contribution in [0.2, 0.25) is 5.02 Å². The third kappa shape index (κ3) is 5.13. The molecule has 2 fully saturated rings. The minimum Gasteiger partial charge on any atom is -0.492 e. The molecule has 0 radical (unpaired) electrons. The SMILES string of the molecule is O=C1CN2Cc3cc(Cl)c(OCCCC(=O)N(CCO)C4CCCCC4)cc3N=C2N1. The molecular weight excluding hydrogens is 420 g/mol. The number of aliphatic hydroxyl groups excluding tert-OH is 1. The lowest BCUT2D eigenvalue weighted by atomic mass is 9.94. The molecule has 9 heteroatoms. The van der Waals surface area contributed by atoms with Gasteiger partial charge in [0.1, 0.15) is 12.3 Å². The van der Waals surface area contributed by atoms with E-state index in [0.29, 0.717) is 55.8 Å². The number of amides is 2. The number of aliphatic hydroxyl groups is 1. The Hall–Kier alpha value is -2.32. The standard InChI is InChI=1S/C22H29ClN4O4/c23-17-11-15-13-26-14-20(29)25-22(26)24-18(15)12-19(17)31-10-4-7-21(30)27(8-9-28)16-5-2-1-3-6-16/h11-12,16,28H,1-10,13-14H2,(H,24,25,29). The highest BCUT2D eigenvalue weighted by Gasteiger charge is 2.30. The lowest BCUT2D eigenvalue weighted by Crippen LogP contribution is -2.43. The summed E-state index contributed by atoms with van der Waals surface area (Å²) in [5.74, 6) is 1.09. The Morgan fingerprint density at radius 1 is 1.29 bits per heavy atom. The summed E-state index contributed by atoms with van der Waals surface area (Å²) in [6.07, 6.45) is 6.50. The summed E-state index contributed by atoms with van der Waals surface area (Å²) in [5, 5.41) is 12.6. The number of hydrogen-bond donors (Lipinski definition) is 2. The molecule has 168 valence electrons. The Bertz CT molecular complexity index is 869. The summed E-state index contributed by atoms with van der Waals surface area (Å²) in [7, 11) is 0. The van der Waals surface area contributed by atoms with Crippen LogP contribution >= 0.6 is 11.6 Å². The minimum absolute atomic E-state index is 0.0101. The molecule has 1 saturated carbocycles. The molecule has 3 aliphatic rings. The van der Waals surface area contributed by atoms with Crippen molar-refractivity contribution < 1.29 is 19.4 Å². The molecule has 0 bridgehead atoms. The Kier molecular flexibility index (Phi) is 6.97. The summed E-state index contributed by atoms with van der Waals surface area (Å²) in [5.41, 5.74) is 1.68. The van der Waals surface area contributed by atoms with E-state index in [1.54, 1.807) is 6.07 Å². The predicted octanol–water partition coefficient (Wildman–Crippen LogP) is 2.59. The second-order valence-corrected chi connectivity index (χ2v) is 8.71. The number of carbonyl (C=O) groups is 2. The van der Waals surface area contributed by atoms with Crippen molar-refractivity contribution in [2.24, 2.45) is 4.99 Å². The molecule has 1 saturated heterocycles. The summed E-state index contributed by atoms with van der Waals surface area (Å²) in [6.45, 7) is 1.62. The van der Waals surface area contributed by atoms with Crippen molar-refractivity contribution >= 4 is 35.1 Å². The van der Waals surface area contributed by atoms with Crippen LogP contribution in [0.1, 0.15) is 50.5 Å². The summed E-state index contributed by atoms with van der Waals surface area (Å²) >= 11 is 6.39. The first-order chi connectivity index (χ1) is 15.0. The number of carbonyl (C=O) groups excluding carboxylic acids is 2.